The van der Waals surface area contributed by atoms with Gasteiger partial charge in [-0.2, -0.15) is 0 Å². The van der Waals surface area contributed by atoms with Crippen LogP contribution in [-0.2, 0) is 0 Å². The minimum Gasteiger partial charge on any atom is -0.371 e. The predicted molar refractivity (Wildman–Crippen MR) is 315 cm³/mol. The number of rotatable bonds is 7. The van der Waals surface area contributed by atoms with E-state index >= 15 is 0 Å². The Morgan fingerprint density at radius 3 is 0.868 bits per heavy atom. The van der Waals surface area contributed by atoms with Gasteiger partial charge in [0.2, 0.25) is 0 Å². The summed E-state index contributed by atoms with van der Waals surface area (Å²) in [4.78, 5) is 34.8. The molecule has 13 aromatic rings. The summed E-state index contributed by atoms with van der Waals surface area (Å²) < 4.78 is 0. The molecule has 6 aromatic heterocycles. The largest absolute Gasteiger partial charge is 0.371 e. The topological polar surface area (TPSA) is 83.8 Å². The van der Waals surface area contributed by atoms with Crippen molar-refractivity contribution in [2.45, 2.75) is 25.7 Å². The van der Waals surface area contributed by atoms with Crippen LogP contribution in [-0.4, -0.2) is 56.1 Å². The zero-order chi connectivity index (χ0) is 50.4. The van der Waals surface area contributed by atoms with Crippen LogP contribution in [0.15, 0.2) is 219 Å². The average Bonchev–Trinajstić information content (AvgIpc) is 4.29. The lowest BCUT2D eigenvalue weighted by atomic mass is 10.00. The van der Waals surface area contributed by atoms with Gasteiger partial charge in [0.25, 0.3) is 0 Å². The summed E-state index contributed by atoms with van der Waals surface area (Å²) in [6.07, 6.45) is 9.03. The normalized spacial score (nSPS) is 13.6. The Balaban J connectivity index is 0.000000183. The molecule has 0 saturated carbocycles. The number of fused-ring (bicyclic) bond motifs is 9. The molecule has 8 heterocycles. The van der Waals surface area contributed by atoms with Crippen LogP contribution in [0.4, 0.5) is 11.4 Å². The van der Waals surface area contributed by atoms with Gasteiger partial charge in [0, 0.05) is 105 Å². The molecule has 0 radical (unpaired) electrons. The zero-order valence-electron chi connectivity index (χ0n) is 42.0. The van der Waals surface area contributed by atoms with Gasteiger partial charge < -0.3 is 9.80 Å². The van der Waals surface area contributed by atoms with E-state index in [1.807, 2.05) is 48.8 Å². The molecule has 2 aliphatic heterocycles. The van der Waals surface area contributed by atoms with Gasteiger partial charge in [0.05, 0.1) is 55.9 Å². The number of anilines is 2. The van der Waals surface area contributed by atoms with Crippen molar-refractivity contribution in [1.82, 2.24) is 29.9 Å². The van der Waals surface area contributed by atoms with Gasteiger partial charge in [-0.3, -0.25) is 9.97 Å². The molecule has 7 aromatic carbocycles. The minimum atomic E-state index is 0.912. The number of hydrogen-bond donors (Lipinski definition) is 0. The molecule has 364 valence electrons. The Morgan fingerprint density at radius 2 is 0.539 bits per heavy atom. The highest BCUT2D eigenvalue weighted by Gasteiger charge is 2.20. The van der Waals surface area contributed by atoms with E-state index in [-0.39, 0.29) is 0 Å². The van der Waals surface area contributed by atoms with E-state index in [0.717, 1.165) is 137 Å². The molecule has 2 aliphatic rings. The van der Waals surface area contributed by atoms with Crippen molar-refractivity contribution in [3.05, 3.63) is 219 Å². The lowest BCUT2D eigenvalue weighted by Gasteiger charge is -2.22. The molecule has 0 unspecified atom stereocenters. The molecule has 2 saturated heterocycles. The van der Waals surface area contributed by atoms with E-state index in [2.05, 4.69) is 180 Å². The SMILES string of the molecule is c1cc(N2CCCC2)c2ccc3c(N4CCCC4)ccnc3c2n1.c1ccc(-c2ccc3ccc4ccc(-c5ccc(-c6ccc(-c7ccc8ccc9ccc(-c%10ccccc%10)nc9c8n7)cc6)cc5)nc4c3n2)cc1. The van der Waals surface area contributed by atoms with Crippen LogP contribution in [0.25, 0.3) is 122 Å². The molecule has 8 nitrogen and oxygen atoms in total. The van der Waals surface area contributed by atoms with Gasteiger partial charge in [-0.15, -0.1) is 0 Å². The van der Waals surface area contributed by atoms with Crippen LogP contribution in [0.5, 0.6) is 0 Å². The Bertz CT molecular complexity index is 4010. The molecule has 15 rings (SSSR count). The van der Waals surface area contributed by atoms with Crippen molar-refractivity contribution in [2.75, 3.05) is 36.0 Å². The van der Waals surface area contributed by atoms with E-state index in [0.29, 0.717) is 0 Å². The van der Waals surface area contributed by atoms with Gasteiger partial charge in [-0.05, 0) is 85.3 Å². The Labute approximate surface area is 441 Å². The second-order valence-corrected chi connectivity index (χ2v) is 20.0. The molecule has 0 amide bonds. The first-order valence-electron chi connectivity index (χ1n) is 26.5. The molecule has 0 atom stereocenters. The summed E-state index contributed by atoms with van der Waals surface area (Å²) in [6, 6.07) is 72.1. The van der Waals surface area contributed by atoms with Crippen molar-refractivity contribution >= 4 is 76.8 Å². The van der Waals surface area contributed by atoms with Crippen LogP contribution in [0.2, 0.25) is 0 Å². The highest BCUT2D eigenvalue weighted by Crippen LogP contribution is 2.37. The van der Waals surface area contributed by atoms with Crippen LogP contribution in [0.1, 0.15) is 25.7 Å². The van der Waals surface area contributed by atoms with Crippen molar-refractivity contribution in [1.29, 1.82) is 0 Å². The summed E-state index contributed by atoms with van der Waals surface area (Å²) in [5.74, 6) is 0. The fraction of sp³-hybridized carbons (Fsp3) is 0.118. The van der Waals surface area contributed by atoms with Gasteiger partial charge >= 0.3 is 0 Å². The van der Waals surface area contributed by atoms with Gasteiger partial charge in [0.15, 0.2) is 0 Å². The van der Waals surface area contributed by atoms with E-state index < -0.39 is 0 Å². The molecule has 76 heavy (non-hydrogen) atoms. The molecular formula is C68H52N8. The van der Waals surface area contributed by atoms with Crippen LogP contribution >= 0.6 is 0 Å². The molecule has 2 fully saturated rings. The van der Waals surface area contributed by atoms with Gasteiger partial charge in [-0.1, -0.05) is 158 Å². The number of nitrogens with zero attached hydrogens (tertiary/aromatic N) is 8. The lowest BCUT2D eigenvalue weighted by molar-refractivity contribution is 0.949. The van der Waals surface area contributed by atoms with E-state index in [1.165, 1.54) is 47.8 Å². The molecule has 0 aliphatic carbocycles. The monoisotopic (exact) mass is 980 g/mol. The lowest BCUT2D eigenvalue weighted by Crippen LogP contribution is -2.18. The van der Waals surface area contributed by atoms with Crippen molar-refractivity contribution in [2.24, 2.45) is 0 Å². The third-order valence-corrected chi connectivity index (χ3v) is 15.3. The van der Waals surface area contributed by atoms with Crippen molar-refractivity contribution in [3.63, 3.8) is 0 Å². The Hall–Kier alpha value is -9.40. The maximum atomic E-state index is 5.14. The van der Waals surface area contributed by atoms with Crippen LogP contribution in [0, 0.1) is 0 Å². The summed E-state index contributed by atoms with van der Waals surface area (Å²) in [5, 5.41) is 6.78. The second kappa shape index (κ2) is 19.5. The molecule has 0 bridgehead atoms. The fourth-order valence-electron chi connectivity index (χ4n) is 11.3. The maximum absolute atomic E-state index is 5.14. The second-order valence-electron chi connectivity index (χ2n) is 20.0. The minimum absolute atomic E-state index is 0.912. The third kappa shape index (κ3) is 8.47. The number of hydrogen-bond acceptors (Lipinski definition) is 8. The first kappa shape index (κ1) is 45.2. The van der Waals surface area contributed by atoms with Gasteiger partial charge in [-0.25, -0.2) is 19.9 Å². The van der Waals surface area contributed by atoms with Gasteiger partial charge in [0.1, 0.15) is 0 Å². The molecular weight excluding hydrogens is 929 g/mol. The molecule has 8 heteroatoms. The Morgan fingerprint density at radius 1 is 0.250 bits per heavy atom. The summed E-state index contributed by atoms with van der Waals surface area (Å²) in [6.45, 7) is 4.60. The fourth-order valence-corrected chi connectivity index (χ4v) is 11.3. The summed E-state index contributed by atoms with van der Waals surface area (Å²) >= 11 is 0. The predicted octanol–water partition coefficient (Wildman–Crippen LogP) is 16.2. The number of benzene rings is 7. The standard InChI is InChI=1S/C48H30N4.C20H22N4/c1-3-7-33(8-4-1)41-27-23-37-19-21-39-25-29-43(51-47(39)45(37)49-41)35-15-11-31(12-16-35)32-13-17-36(18-14-32)44-30-26-40-22-20-38-24-28-42(34-9-5-2-6-10-34)50-46(38)48(40)52-44;1-2-12-23(11-1)17-7-9-21-19-15(17)5-6-16-18(8-10-22-20(16)19)24-13-3-4-14-24/h1-30H;5-10H,1-4,11-14H2. The van der Waals surface area contributed by atoms with E-state index in [4.69, 9.17) is 29.9 Å². The van der Waals surface area contributed by atoms with Crippen LogP contribution in [0.3, 0.4) is 0 Å². The maximum Gasteiger partial charge on any atom is 0.0986 e. The first-order valence-corrected chi connectivity index (χ1v) is 26.5. The number of aromatic nitrogens is 6. The highest BCUT2D eigenvalue weighted by molar-refractivity contribution is 6.11. The summed E-state index contributed by atoms with van der Waals surface area (Å²) in [5.41, 5.74) is 18.7. The molecule has 0 N–H and O–H groups in total. The molecule has 0 spiro atoms. The third-order valence-electron chi connectivity index (χ3n) is 15.3. The highest BCUT2D eigenvalue weighted by atomic mass is 15.2. The zero-order valence-corrected chi connectivity index (χ0v) is 42.0. The van der Waals surface area contributed by atoms with Crippen molar-refractivity contribution < 1.29 is 0 Å². The Kier molecular flexibility index (Phi) is 11.6. The number of pyridine rings is 6. The quantitative estimate of drug-likeness (QED) is 0.146. The van der Waals surface area contributed by atoms with E-state index in [1.54, 1.807) is 0 Å². The average molecular weight is 981 g/mol. The van der Waals surface area contributed by atoms with E-state index in [9.17, 15) is 0 Å². The van der Waals surface area contributed by atoms with Crippen molar-refractivity contribution in [3.8, 4) is 56.2 Å². The smallest absolute Gasteiger partial charge is 0.0986 e. The first-order chi connectivity index (χ1) is 37.6. The van der Waals surface area contributed by atoms with Crippen LogP contribution < -0.4 is 9.80 Å². The summed E-state index contributed by atoms with van der Waals surface area (Å²) in [7, 11) is 0.